The molecule has 2 amide bonds. The van der Waals surface area contributed by atoms with Crippen molar-refractivity contribution in [3.05, 3.63) is 64.0 Å². The smallest absolute Gasteiger partial charge is 0.277 e. The van der Waals surface area contributed by atoms with Crippen LogP contribution in [-0.4, -0.2) is 54.5 Å². The first-order chi connectivity index (χ1) is 15.2. The van der Waals surface area contributed by atoms with Gasteiger partial charge in [-0.3, -0.25) is 14.5 Å². The van der Waals surface area contributed by atoms with Crippen LogP contribution in [0.15, 0.2) is 53.5 Å². The molecule has 1 aromatic carbocycles. The number of nitrogens with zero attached hydrogens (tertiary/aromatic N) is 2. The van der Waals surface area contributed by atoms with E-state index in [9.17, 15) is 9.59 Å². The van der Waals surface area contributed by atoms with Crippen LogP contribution in [0.4, 0.5) is 0 Å². The Kier molecular flexibility index (Phi) is 7.20. The highest BCUT2D eigenvalue weighted by Gasteiger charge is 2.42. The number of likely N-dealkylation sites (tertiary alicyclic amines) is 1. The van der Waals surface area contributed by atoms with Gasteiger partial charge in [0.1, 0.15) is 5.70 Å². The van der Waals surface area contributed by atoms with Gasteiger partial charge in [-0.05, 0) is 55.5 Å². The SMILES string of the molecule is CCOCCCN1C(=O)C(c2cccs2)=C(N2CCC(Cc3ccccc3)CC2)C1=O. The van der Waals surface area contributed by atoms with Crippen molar-refractivity contribution in [3.63, 3.8) is 0 Å². The van der Waals surface area contributed by atoms with Crippen molar-refractivity contribution in [3.8, 4) is 0 Å². The lowest BCUT2D eigenvalue weighted by Gasteiger charge is -2.34. The number of amides is 2. The molecule has 2 aliphatic heterocycles. The Balaban J connectivity index is 1.48. The van der Waals surface area contributed by atoms with Gasteiger partial charge in [-0.1, -0.05) is 36.4 Å². The molecule has 4 rings (SSSR count). The van der Waals surface area contributed by atoms with E-state index >= 15 is 0 Å². The number of hydrogen-bond donors (Lipinski definition) is 0. The summed E-state index contributed by atoms with van der Waals surface area (Å²) in [6, 6.07) is 14.5. The van der Waals surface area contributed by atoms with Gasteiger partial charge in [-0.25, -0.2) is 0 Å². The molecule has 0 aliphatic carbocycles. The van der Waals surface area contributed by atoms with Gasteiger partial charge >= 0.3 is 0 Å². The lowest BCUT2D eigenvalue weighted by atomic mass is 9.90. The normalized spacial score (nSPS) is 17.8. The average Bonchev–Trinajstić information content (AvgIpc) is 3.40. The third-order valence-electron chi connectivity index (χ3n) is 6.08. The molecule has 0 radical (unpaired) electrons. The van der Waals surface area contributed by atoms with Gasteiger partial charge in [0.25, 0.3) is 11.8 Å². The number of piperidine rings is 1. The van der Waals surface area contributed by atoms with Crippen LogP contribution < -0.4 is 0 Å². The molecule has 0 saturated carbocycles. The Labute approximate surface area is 188 Å². The number of ether oxygens (including phenoxy) is 1. The molecular weight excluding hydrogens is 408 g/mol. The summed E-state index contributed by atoms with van der Waals surface area (Å²) in [5, 5.41) is 1.96. The van der Waals surface area contributed by atoms with Gasteiger partial charge < -0.3 is 9.64 Å². The first kappa shape index (κ1) is 21.8. The minimum Gasteiger partial charge on any atom is -0.382 e. The summed E-state index contributed by atoms with van der Waals surface area (Å²) in [7, 11) is 0. The second-order valence-corrected chi connectivity index (χ2v) is 9.08. The maximum absolute atomic E-state index is 13.3. The first-order valence-corrected chi connectivity index (χ1v) is 12.1. The number of benzene rings is 1. The van der Waals surface area contributed by atoms with Crippen LogP contribution in [0.25, 0.3) is 5.57 Å². The topological polar surface area (TPSA) is 49.9 Å². The van der Waals surface area contributed by atoms with E-state index in [0.29, 0.717) is 43.4 Å². The molecule has 2 aromatic rings. The molecule has 0 N–H and O–H groups in total. The molecule has 2 aliphatic rings. The van der Waals surface area contributed by atoms with E-state index in [2.05, 4.69) is 29.2 Å². The van der Waals surface area contributed by atoms with Crippen molar-refractivity contribution in [1.29, 1.82) is 0 Å². The third kappa shape index (κ3) is 4.91. The fourth-order valence-electron chi connectivity index (χ4n) is 4.48. The minimum absolute atomic E-state index is 0.147. The quantitative estimate of drug-likeness (QED) is 0.435. The van der Waals surface area contributed by atoms with Crippen molar-refractivity contribution in [2.45, 2.75) is 32.6 Å². The highest BCUT2D eigenvalue weighted by atomic mass is 32.1. The molecule has 0 bridgehead atoms. The molecule has 3 heterocycles. The van der Waals surface area contributed by atoms with Crippen LogP contribution in [0.3, 0.4) is 0 Å². The van der Waals surface area contributed by atoms with Gasteiger partial charge in [-0.15, -0.1) is 11.3 Å². The highest BCUT2D eigenvalue weighted by Crippen LogP contribution is 2.36. The van der Waals surface area contributed by atoms with Crippen LogP contribution in [0.2, 0.25) is 0 Å². The monoisotopic (exact) mass is 438 g/mol. The second-order valence-electron chi connectivity index (χ2n) is 8.13. The van der Waals surface area contributed by atoms with Crippen molar-refractivity contribution in [2.75, 3.05) is 32.8 Å². The van der Waals surface area contributed by atoms with Crippen molar-refractivity contribution in [2.24, 2.45) is 5.92 Å². The zero-order valence-corrected chi connectivity index (χ0v) is 18.9. The molecule has 1 saturated heterocycles. The van der Waals surface area contributed by atoms with Crippen molar-refractivity contribution >= 4 is 28.7 Å². The van der Waals surface area contributed by atoms with Gasteiger partial charge in [0, 0.05) is 37.7 Å². The van der Waals surface area contributed by atoms with Crippen LogP contribution >= 0.6 is 11.3 Å². The predicted molar refractivity (Wildman–Crippen MR) is 124 cm³/mol. The van der Waals surface area contributed by atoms with E-state index < -0.39 is 0 Å². The first-order valence-electron chi connectivity index (χ1n) is 11.2. The van der Waals surface area contributed by atoms with E-state index in [1.54, 1.807) is 0 Å². The molecule has 5 nitrogen and oxygen atoms in total. The average molecular weight is 439 g/mol. The predicted octanol–water partition coefficient (Wildman–Crippen LogP) is 4.21. The molecule has 0 atom stereocenters. The Morgan fingerprint density at radius 1 is 1.03 bits per heavy atom. The van der Waals surface area contributed by atoms with Crippen molar-refractivity contribution in [1.82, 2.24) is 9.80 Å². The standard InChI is InChI=1S/C25H30N2O3S/c1-2-30-16-7-13-27-24(28)22(21-10-6-17-31-21)23(25(27)29)26-14-11-20(12-15-26)18-19-8-4-3-5-9-19/h3-6,8-10,17,20H,2,7,11-16,18H2,1H3. The van der Waals surface area contributed by atoms with E-state index in [1.807, 2.05) is 30.5 Å². The Morgan fingerprint density at radius 3 is 2.48 bits per heavy atom. The highest BCUT2D eigenvalue weighted by molar-refractivity contribution is 7.11. The summed E-state index contributed by atoms with van der Waals surface area (Å²) in [5.41, 5.74) is 2.55. The molecule has 0 spiro atoms. The molecular formula is C25H30N2O3S. The summed E-state index contributed by atoms with van der Waals surface area (Å²) in [6.45, 7) is 5.18. The number of carbonyl (C=O) groups is 2. The molecule has 6 heteroatoms. The summed E-state index contributed by atoms with van der Waals surface area (Å²) in [6.07, 6.45) is 3.79. The van der Waals surface area contributed by atoms with Gasteiger partial charge in [0.05, 0.1) is 5.57 Å². The minimum atomic E-state index is -0.162. The number of hydrogen-bond acceptors (Lipinski definition) is 5. The van der Waals surface area contributed by atoms with E-state index in [1.165, 1.54) is 21.8 Å². The zero-order chi connectivity index (χ0) is 21.6. The van der Waals surface area contributed by atoms with Gasteiger partial charge in [-0.2, -0.15) is 0 Å². The van der Waals surface area contributed by atoms with Crippen molar-refractivity contribution < 1.29 is 14.3 Å². The van der Waals surface area contributed by atoms with Crippen LogP contribution in [-0.2, 0) is 20.7 Å². The van der Waals surface area contributed by atoms with E-state index in [-0.39, 0.29) is 11.8 Å². The Morgan fingerprint density at radius 2 is 1.81 bits per heavy atom. The second kappa shape index (κ2) is 10.2. The molecule has 0 unspecified atom stereocenters. The number of rotatable bonds is 9. The lowest BCUT2D eigenvalue weighted by Crippen LogP contribution is -2.39. The van der Waals surface area contributed by atoms with E-state index in [0.717, 1.165) is 37.2 Å². The summed E-state index contributed by atoms with van der Waals surface area (Å²) in [4.78, 5) is 31.0. The Bertz CT molecular complexity index is 916. The van der Waals surface area contributed by atoms with E-state index in [4.69, 9.17) is 4.74 Å². The van der Waals surface area contributed by atoms with Gasteiger partial charge in [0.15, 0.2) is 0 Å². The van der Waals surface area contributed by atoms with Crippen LogP contribution in [0.1, 0.15) is 36.6 Å². The molecule has 1 aromatic heterocycles. The summed E-state index contributed by atoms with van der Waals surface area (Å²) < 4.78 is 5.40. The largest absolute Gasteiger partial charge is 0.382 e. The van der Waals surface area contributed by atoms with Crippen LogP contribution in [0, 0.1) is 5.92 Å². The maximum atomic E-state index is 13.3. The third-order valence-corrected chi connectivity index (χ3v) is 6.97. The summed E-state index contributed by atoms with van der Waals surface area (Å²) in [5.74, 6) is 0.302. The Hall–Kier alpha value is -2.44. The number of carbonyl (C=O) groups excluding carboxylic acids is 2. The molecule has 31 heavy (non-hydrogen) atoms. The number of imide groups is 1. The van der Waals surface area contributed by atoms with Crippen LogP contribution in [0.5, 0.6) is 0 Å². The lowest BCUT2D eigenvalue weighted by molar-refractivity contribution is -0.137. The fourth-order valence-corrected chi connectivity index (χ4v) is 5.24. The maximum Gasteiger partial charge on any atom is 0.277 e. The molecule has 1 fully saturated rings. The molecule has 164 valence electrons. The number of thiophene rings is 1. The zero-order valence-electron chi connectivity index (χ0n) is 18.1. The summed E-state index contributed by atoms with van der Waals surface area (Å²) >= 11 is 1.52. The van der Waals surface area contributed by atoms with Gasteiger partial charge in [0.2, 0.25) is 0 Å². The fraction of sp³-hybridized carbons (Fsp3) is 0.440.